The van der Waals surface area contributed by atoms with Crippen LogP contribution in [0.3, 0.4) is 0 Å². The van der Waals surface area contributed by atoms with E-state index in [1.807, 2.05) is 11.6 Å². The molecular formula is C13H21N5O2. The largest absolute Gasteiger partial charge is 0.466 e. The first-order valence-corrected chi connectivity index (χ1v) is 7.38. The highest BCUT2D eigenvalue weighted by atomic mass is 16.5. The van der Waals surface area contributed by atoms with E-state index >= 15 is 0 Å². The number of ether oxygens (including phenoxy) is 1. The summed E-state index contributed by atoms with van der Waals surface area (Å²) in [6.45, 7) is 5.82. The molecule has 1 aromatic rings. The Hall–Kier alpha value is -1.79. The minimum absolute atomic E-state index is 0.0292. The second-order valence-corrected chi connectivity index (χ2v) is 5.25. The second kappa shape index (κ2) is 5.68. The molecule has 110 valence electrons. The molecule has 1 aromatic heterocycles. The van der Waals surface area contributed by atoms with Crippen molar-refractivity contribution < 1.29 is 9.53 Å². The highest BCUT2D eigenvalue weighted by Crippen LogP contribution is 2.24. The molecular weight excluding hydrogens is 258 g/mol. The molecule has 0 bridgehead atoms. The third-order valence-electron chi connectivity index (χ3n) is 3.89. The van der Waals surface area contributed by atoms with Crippen molar-refractivity contribution in [2.75, 3.05) is 36.5 Å². The average molecular weight is 279 g/mol. The van der Waals surface area contributed by atoms with E-state index in [-0.39, 0.29) is 11.9 Å². The van der Waals surface area contributed by atoms with Gasteiger partial charge in [0, 0.05) is 26.2 Å². The summed E-state index contributed by atoms with van der Waals surface area (Å²) in [6.07, 6.45) is 2.72. The van der Waals surface area contributed by atoms with Gasteiger partial charge in [-0.25, -0.2) is 4.68 Å². The zero-order valence-corrected chi connectivity index (χ0v) is 11.8. The Labute approximate surface area is 118 Å². The topological polar surface area (TPSA) is 72.3 Å². The molecule has 1 N–H and O–H groups in total. The maximum absolute atomic E-state index is 11.7. The second-order valence-electron chi connectivity index (χ2n) is 5.25. The molecule has 0 amide bonds. The Kier molecular flexibility index (Phi) is 3.75. The number of nitrogens with one attached hydrogen (secondary N) is 1. The van der Waals surface area contributed by atoms with E-state index in [0.717, 1.165) is 57.3 Å². The summed E-state index contributed by atoms with van der Waals surface area (Å²) in [5.41, 5.74) is 0. The van der Waals surface area contributed by atoms with Gasteiger partial charge in [-0.2, -0.15) is 4.98 Å². The van der Waals surface area contributed by atoms with Gasteiger partial charge in [-0.3, -0.25) is 4.79 Å². The number of aromatic nitrogens is 3. The van der Waals surface area contributed by atoms with E-state index in [1.165, 1.54) is 0 Å². The molecule has 0 atom stereocenters. The zero-order valence-electron chi connectivity index (χ0n) is 11.8. The number of carbonyl (C=O) groups excluding carboxylic acids is 1. The van der Waals surface area contributed by atoms with Crippen LogP contribution in [0.25, 0.3) is 0 Å². The lowest BCUT2D eigenvalue weighted by molar-refractivity contribution is -0.148. The first-order chi connectivity index (χ1) is 9.78. The fraction of sp³-hybridized carbons (Fsp3) is 0.769. The van der Waals surface area contributed by atoms with Crippen molar-refractivity contribution in [3.8, 4) is 0 Å². The van der Waals surface area contributed by atoms with Crippen LogP contribution in [-0.2, 0) is 16.1 Å². The van der Waals surface area contributed by atoms with Crippen LogP contribution in [0.1, 0.15) is 26.2 Å². The van der Waals surface area contributed by atoms with Gasteiger partial charge in [0.05, 0.1) is 12.5 Å². The van der Waals surface area contributed by atoms with Crippen molar-refractivity contribution in [2.45, 2.75) is 32.7 Å². The van der Waals surface area contributed by atoms with Gasteiger partial charge in [0.15, 0.2) is 0 Å². The Balaban J connectivity index is 1.60. The molecule has 0 aliphatic carbocycles. The van der Waals surface area contributed by atoms with E-state index in [2.05, 4.69) is 20.3 Å². The lowest BCUT2D eigenvalue weighted by atomic mass is 9.97. The first-order valence-electron chi connectivity index (χ1n) is 7.38. The number of anilines is 2. The molecule has 1 saturated heterocycles. The van der Waals surface area contributed by atoms with E-state index in [9.17, 15) is 4.79 Å². The Morgan fingerprint density at radius 3 is 2.90 bits per heavy atom. The Bertz CT molecular complexity index is 456. The van der Waals surface area contributed by atoms with Gasteiger partial charge >= 0.3 is 5.97 Å². The predicted octanol–water partition coefficient (Wildman–Crippen LogP) is 0.873. The molecule has 3 rings (SSSR count). The van der Waals surface area contributed by atoms with Crippen LogP contribution < -0.4 is 10.2 Å². The van der Waals surface area contributed by atoms with Crippen LogP contribution >= 0.6 is 0 Å². The Morgan fingerprint density at radius 2 is 2.20 bits per heavy atom. The molecule has 3 heterocycles. The minimum Gasteiger partial charge on any atom is -0.466 e. The molecule has 0 aromatic carbocycles. The molecule has 20 heavy (non-hydrogen) atoms. The van der Waals surface area contributed by atoms with Crippen LogP contribution in [0, 0.1) is 5.92 Å². The number of nitrogens with zero attached hydrogens (tertiary/aromatic N) is 4. The number of hydrogen-bond acceptors (Lipinski definition) is 6. The summed E-state index contributed by atoms with van der Waals surface area (Å²) in [7, 11) is 0. The third kappa shape index (κ3) is 2.57. The van der Waals surface area contributed by atoms with Crippen LogP contribution in [0.5, 0.6) is 0 Å². The number of piperidine rings is 1. The lowest BCUT2D eigenvalue weighted by Crippen LogP contribution is -2.37. The standard InChI is InChI=1S/C13H21N5O2/c1-2-20-11(19)10-4-8-17(9-5-10)13-15-12-14-6-3-7-18(12)16-13/h10H,2-9H2,1H3,(H,14,15,16). The van der Waals surface area contributed by atoms with Crippen molar-refractivity contribution in [2.24, 2.45) is 5.92 Å². The van der Waals surface area contributed by atoms with Gasteiger partial charge < -0.3 is 15.0 Å². The average Bonchev–Trinajstić information content (AvgIpc) is 2.91. The molecule has 7 nitrogen and oxygen atoms in total. The number of hydrogen-bond donors (Lipinski definition) is 1. The summed E-state index contributed by atoms with van der Waals surface area (Å²) < 4.78 is 7.01. The molecule has 0 saturated carbocycles. The highest BCUT2D eigenvalue weighted by Gasteiger charge is 2.28. The maximum Gasteiger partial charge on any atom is 0.309 e. The summed E-state index contributed by atoms with van der Waals surface area (Å²) in [6, 6.07) is 0. The molecule has 1 fully saturated rings. The number of rotatable bonds is 3. The number of fused-ring (bicyclic) bond motifs is 1. The van der Waals surface area contributed by atoms with Gasteiger partial charge in [0.25, 0.3) is 0 Å². The summed E-state index contributed by atoms with van der Waals surface area (Å²) in [5.74, 6) is 1.60. The van der Waals surface area contributed by atoms with Crippen LogP contribution in [-0.4, -0.2) is 47.0 Å². The molecule has 0 spiro atoms. The summed E-state index contributed by atoms with van der Waals surface area (Å²) >= 11 is 0. The lowest BCUT2D eigenvalue weighted by Gasteiger charge is -2.29. The minimum atomic E-state index is -0.0640. The fourth-order valence-electron chi connectivity index (χ4n) is 2.76. The predicted molar refractivity (Wildman–Crippen MR) is 74.7 cm³/mol. The fourth-order valence-corrected chi connectivity index (χ4v) is 2.76. The smallest absolute Gasteiger partial charge is 0.309 e. The van der Waals surface area contributed by atoms with Crippen molar-refractivity contribution in [1.29, 1.82) is 0 Å². The number of aryl methyl sites for hydroxylation is 1. The first kappa shape index (κ1) is 13.2. The van der Waals surface area contributed by atoms with E-state index in [4.69, 9.17) is 4.74 Å². The van der Waals surface area contributed by atoms with Crippen LogP contribution in [0.2, 0.25) is 0 Å². The van der Waals surface area contributed by atoms with Gasteiger partial charge in [-0.1, -0.05) is 0 Å². The number of carbonyl (C=O) groups is 1. The van der Waals surface area contributed by atoms with Crippen LogP contribution in [0.15, 0.2) is 0 Å². The van der Waals surface area contributed by atoms with Gasteiger partial charge in [-0.05, 0) is 26.2 Å². The van der Waals surface area contributed by atoms with Gasteiger partial charge in [0.2, 0.25) is 11.9 Å². The quantitative estimate of drug-likeness (QED) is 0.828. The van der Waals surface area contributed by atoms with Crippen molar-refractivity contribution >= 4 is 17.9 Å². The Morgan fingerprint density at radius 1 is 1.40 bits per heavy atom. The molecule has 7 heteroatoms. The summed E-state index contributed by atoms with van der Waals surface area (Å²) in [5, 5.41) is 7.79. The molecule has 0 unspecified atom stereocenters. The molecule has 0 radical (unpaired) electrons. The van der Waals surface area contributed by atoms with E-state index in [0.29, 0.717) is 6.61 Å². The highest BCUT2D eigenvalue weighted by molar-refractivity contribution is 5.72. The van der Waals surface area contributed by atoms with Gasteiger partial charge in [-0.15, -0.1) is 5.10 Å². The van der Waals surface area contributed by atoms with Gasteiger partial charge in [0.1, 0.15) is 0 Å². The maximum atomic E-state index is 11.7. The molecule has 2 aliphatic heterocycles. The van der Waals surface area contributed by atoms with E-state index in [1.54, 1.807) is 0 Å². The van der Waals surface area contributed by atoms with E-state index < -0.39 is 0 Å². The monoisotopic (exact) mass is 279 g/mol. The van der Waals surface area contributed by atoms with Crippen molar-refractivity contribution in [1.82, 2.24) is 14.8 Å². The molecule has 2 aliphatic rings. The van der Waals surface area contributed by atoms with Crippen molar-refractivity contribution in [3.63, 3.8) is 0 Å². The number of esters is 1. The third-order valence-corrected chi connectivity index (χ3v) is 3.89. The van der Waals surface area contributed by atoms with Crippen LogP contribution in [0.4, 0.5) is 11.9 Å². The summed E-state index contributed by atoms with van der Waals surface area (Å²) in [4.78, 5) is 18.4. The van der Waals surface area contributed by atoms with Crippen molar-refractivity contribution in [3.05, 3.63) is 0 Å². The SMILES string of the molecule is CCOC(=O)C1CCN(c2nc3n(n2)CCCN3)CC1. The normalized spacial score (nSPS) is 19.4. The zero-order chi connectivity index (χ0) is 13.9.